The van der Waals surface area contributed by atoms with Gasteiger partial charge in [-0.15, -0.1) is 0 Å². The summed E-state index contributed by atoms with van der Waals surface area (Å²) >= 11 is 0. The number of aryl methyl sites for hydroxylation is 3. The van der Waals surface area contributed by atoms with Crippen LogP contribution >= 0.6 is 0 Å². The predicted octanol–water partition coefficient (Wildman–Crippen LogP) is 2.53. The third kappa shape index (κ3) is 2.46. The molecule has 0 aliphatic rings. The molecule has 0 saturated heterocycles. The highest BCUT2D eigenvalue weighted by Crippen LogP contribution is 2.28. The Balaban J connectivity index is 2.01. The van der Waals surface area contributed by atoms with Gasteiger partial charge in [-0.3, -0.25) is 4.68 Å². The van der Waals surface area contributed by atoms with Crippen molar-refractivity contribution in [1.82, 2.24) is 24.9 Å². The standard InChI is InChI=1S/C14H18N6O/c1-5-11(10-6-15-20(4)7-10)18-13-12-8(2)19-21-14(12)17-9(3)16-13/h6-7,11H,5H2,1-4H3,(H,16,17,18)/t11-/m1/s1. The number of aromatic nitrogens is 5. The molecule has 21 heavy (non-hydrogen) atoms. The van der Waals surface area contributed by atoms with Gasteiger partial charge in [-0.1, -0.05) is 12.1 Å². The third-order valence-electron chi connectivity index (χ3n) is 3.46. The molecule has 110 valence electrons. The molecular weight excluding hydrogens is 268 g/mol. The molecule has 7 heteroatoms. The molecule has 1 atom stereocenters. The van der Waals surface area contributed by atoms with Gasteiger partial charge in [0.1, 0.15) is 17.0 Å². The van der Waals surface area contributed by atoms with E-state index in [0.717, 1.165) is 28.9 Å². The number of nitrogens with one attached hydrogen (secondary N) is 1. The van der Waals surface area contributed by atoms with E-state index in [-0.39, 0.29) is 6.04 Å². The molecule has 0 amide bonds. The lowest BCUT2D eigenvalue weighted by Gasteiger charge is -2.16. The second-order valence-corrected chi connectivity index (χ2v) is 5.12. The van der Waals surface area contributed by atoms with Gasteiger partial charge in [-0.05, 0) is 20.3 Å². The molecule has 0 aliphatic heterocycles. The molecule has 7 nitrogen and oxygen atoms in total. The van der Waals surface area contributed by atoms with Crippen LogP contribution in [-0.4, -0.2) is 24.9 Å². The number of rotatable bonds is 4. The van der Waals surface area contributed by atoms with Crippen LogP contribution in [0.25, 0.3) is 11.1 Å². The topological polar surface area (TPSA) is 81.7 Å². The number of hydrogen-bond donors (Lipinski definition) is 1. The van der Waals surface area contributed by atoms with Crippen molar-refractivity contribution in [3.05, 3.63) is 29.5 Å². The molecule has 0 unspecified atom stereocenters. The smallest absolute Gasteiger partial charge is 0.263 e. The number of hydrogen-bond acceptors (Lipinski definition) is 6. The first kappa shape index (κ1) is 13.5. The van der Waals surface area contributed by atoms with Crippen LogP contribution in [-0.2, 0) is 7.05 Å². The zero-order valence-electron chi connectivity index (χ0n) is 12.6. The van der Waals surface area contributed by atoms with E-state index in [1.54, 1.807) is 4.68 Å². The van der Waals surface area contributed by atoms with E-state index in [2.05, 4.69) is 32.5 Å². The Kier molecular flexibility index (Phi) is 3.32. The van der Waals surface area contributed by atoms with E-state index in [1.807, 2.05) is 33.3 Å². The zero-order chi connectivity index (χ0) is 15.0. The molecule has 3 heterocycles. The van der Waals surface area contributed by atoms with Crippen molar-refractivity contribution in [1.29, 1.82) is 0 Å². The summed E-state index contributed by atoms with van der Waals surface area (Å²) in [6.45, 7) is 5.85. The minimum atomic E-state index is 0.130. The molecule has 0 fully saturated rings. The average Bonchev–Trinajstić information content (AvgIpc) is 3.02. The van der Waals surface area contributed by atoms with E-state index in [1.165, 1.54) is 0 Å². The number of anilines is 1. The van der Waals surface area contributed by atoms with Crippen LogP contribution in [0, 0.1) is 13.8 Å². The van der Waals surface area contributed by atoms with E-state index < -0.39 is 0 Å². The average molecular weight is 286 g/mol. The first-order valence-corrected chi connectivity index (χ1v) is 6.94. The molecule has 0 aliphatic carbocycles. The first-order valence-electron chi connectivity index (χ1n) is 6.94. The predicted molar refractivity (Wildman–Crippen MR) is 78.9 cm³/mol. The van der Waals surface area contributed by atoms with Crippen molar-refractivity contribution in [3.8, 4) is 0 Å². The Morgan fingerprint density at radius 2 is 2.14 bits per heavy atom. The highest BCUT2D eigenvalue weighted by atomic mass is 16.5. The van der Waals surface area contributed by atoms with E-state index >= 15 is 0 Å². The lowest BCUT2D eigenvalue weighted by molar-refractivity contribution is 0.442. The Labute approximate surface area is 122 Å². The van der Waals surface area contributed by atoms with Crippen LogP contribution in [0.1, 0.15) is 36.5 Å². The molecule has 3 aromatic heterocycles. The maximum Gasteiger partial charge on any atom is 0.263 e. The van der Waals surface area contributed by atoms with Gasteiger partial charge in [0, 0.05) is 18.8 Å². The molecule has 3 aromatic rings. The minimum Gasteiger partial charge on any atom is -0.362 e. The van der Waals surface area contributed by atoms with Crippen LogP contribution in [0.3, 0.4) is 0 Å². The van der Waals surface area contributed by atoms with E-state index in [9.17, 15) is 0 Å². The quantitative estimate of drug-likeness (QED) is 0.793. The molecule has 0 bridgehead atoms. The minimum absolute atomic E-state index is 0.130. The van der Waals surface area contributed by atoms with Gasteiger partial charge in [0.15, 0.2) is 0 Å². The molecule has 1 N–H and O–H groups in total. The SMILES string of the molecule is CC[C@@H](Nc1nc(C)nc2onc(C)c12)c1cnn(C)c1. The van der Waals surface area contributed by atoms with Crippen molar-refractivity contribution in [3.63, 3.8) is 0 Å². The van der Waals surface area contributed by atoms with Crippen molar-refractivity contribution in [2.75, 3.05) is 5.32 Å². The summed E-state index contributed by atoms with van der Waals surface area (Å²) < 4.78 is 7.03. The van der Waals surface area contributed by atoms with Crippen molar-refractivity contribution in [2.45, 2.75) is 33.2 Å². The van der Waals surface area contributed by atoms with Gasteiger partial charge in [0.05, 0.1) is 17.9 Å². The van der Waals surface area contributed by atoms with Crippen LogP contribution < -0.4 is 5.32 Å². The number of fused-ring (bicyclic) bond motifs is 1. The molecule has 0 saturated carbocycles. The van der Waals surface area contributed by atoms with E-state index in [0.29, 0.717) is 11.5 Å². The normalized spacial score (nSPS) is 12.8. The van der Waals surface area contributed by atoms with Gasteiger partial charge >= 0.3 is 0 Å². The fourth-order valence-electron chi connectivity index (χ4n) is 2.41. The van der Waals surface area contributed by atoms with Crippen LogP contribution in [0.2, 0.25) is 0 Å². The molecule has 0 aromatic carbocycles. The second-order valence-electron chi connectivity index (χ2n) is 5.12. The monoisotopic (exact) mass is 286 g/mol. The summed E-state index contributed by atoms with van der Waals surface area (Å²) in [6.07, 6.45) is 4.79. The van der Waals surface area contributed by atoms with Crippen molar-refractivity contribution in [2.24, 2.45) is 7.05 Å². The maximum absolute atomic E-state index is 5.24. The van der Waals surface area contributed by atoms with Crippen molar-refractivity contribution < 1.29 is 4.52 Å². The van der Waals surface area contributed by atoms with Crippen molar-refractivity contribution >= 4 is 16.9 Å². The van der Waals surface area contributed by atoms with Crippen LogP contribution in [0.15, 0.2) is 16.9 Å². The zero-order valence-corrected chi connectivity index (χ0v) is 12.6. The fourth-order valence-corrected chi connectivity index (χ4v) is 2.41. The van der Waals surface area contributed by atoms with Crippen LogP contribution in [0.4, 0.5) is 5.82 Å². The Bertz CT molecular complexity index is 775. The maximum atomic E-state index is 5.24. The second kappa shape index (κ2) is 5.16. The highest BCUT2D eigenvalue weighted by Gasteiger charge is 2.18. The van der Waals surface area contributed by atoms with Gasteiger partial charge in [0.2, 0.25) is 0 Å². The summed E-state index contributed by atoms with van der Waals surface area (Å²) in [5.41, 5.74) is 2.43. The summed E-state index contributed by atoms with van der Waals surface area (Å²) in [5, 5.41) is 12.5. The molecule has 0 radical (unpaired) electrons. The fraction of sp³-hybridized carbons (Fsp3) is 0.429. The summed E-state index contributed by atoms with van der Waals surface area (Å²) in [6, 6.07) is 0.130. The van der Waals surface area contributed by atoms with Gasteiger partial charge in [0.25, 0.3) is 5.71 Å². The summed E-state index contributed by atoms with van der Waals surface area (Å²) in [7, 11) is 1.91. The lowest BCUT2D eigenvalue weighted by atomic mass is 10.1. The van der Waals surface area contributed by atoms with Gasteiger partial charge in [-0.2, -0.15) is 10.1 Å². The summed E-state index contributed by atoms with van der Waals surface area (Å²) in [5.74, 6) is 1.41. The Morgan fingerprint density at radius 3 is 2.81 bits per heavy atom. The van der Waals surface area contributed by atoms with Crippen LogP contribution in [0.5, 0.6) is 0 Å². The highest BCUT2D eigenvalue weighted by molar-refractivity contribution is 5.87. The molecule has 0 spiro atoms. The largest absolute Gasteiger partial charge is 0.362 e. The van der Waals surface area contributed by atoms with Gasteiger partial charge < -0.3 is 9.84 Å². The third-order valence-corrected chi connectivity index (χ3v) is 3.46. The molecule has 3 rings (SSSR count). The molecular formula is C14H18N6O. The van der Waals surface area contributed by atoms with E-state index in [4.69, 9.17) is 4.52 Å². The number of nitrogens with zero attached hydrogens (tertiary/aromatic N) is 5. The Hall–Kier alpha value is -2.44. The lowest BCUT2D eigenvalue weighted by Crippen LogP contribution is -2.11. The first-order chi connectivity index (χ1) is 10.1. The van der Waals surface area contributed by atoms with Gasteiger partial charge in [-0.25, -0.2) is 4.98 Å². The summed E-state index contributed by atoms with van der Waals surface area (Å²) in [4.78, 5) is 8.78. The Morgan fingerprint density at radius 1 is 1.33 bits per heavy atom.